The molecule has 128 valence electrons. The summed E-state index contributed by atoms with van der Waals surface area (Å²) >= 11 is 0. The van der Waals surface area contributed by atoms with E-state index in [1.54, 1.807) is 18.3 Å². The summed E-state index contributed by atoms with van der Waals surface area (Å²) < 4.78 is 3.89. The average molecular weight is 458 g/mol. The molecular formula is C16H18Br2N4O2. The van der Waals surface area contributed by atoms with Gasteiger partial charge in [-0.05, 0) is 18.2 Å². The Balaban J connectivity index is 0.00000264. The molecule has 0 spiro atoms. The maximum absolute atomic E-state index is 11.1. The maximum atomic E-state index is 11.1. The zero-order valence-electron chi connectivity index (χ0n) is 12.8. The van der Waals surface area contributed by atoms with E-state index in [2.05, 4.69) is 5.16 Å². The van der Waals surface area contributed by atoms with Crippen molar-refractivity contribution >= 4 is 12.1 Å². The van der Waals surface area contributed by atoms with E-state index in [0.29, 0.717) is 12.1 Å². The third-order valence-corrected chi connectivity index (χ3v) is 3.07. The number of halogens is 2. The quantitative estimate of drug-likeness (QED) is 0.149. The Hall–Kier alpha value is -2.06. The Morgan fingerprint density at radius 2 is 1.71 bits per heavy atom. The van der Waals surface area contributed by atoms with Gasteiger partial charge in [0.1, 0.15) is 5.56 Å². The van der Waals surface area contributed by atoms with Gasteiger partial charge >= 0.3 is 0 Å². The number of carbonyl (C=O) groups excluding carboxylic acids is 1. The van der Waals surface area contributed by atoms with Gasteiger partial charge in [0.2, 0.25) is 0 Å². The largest absolute Gasteiger partial charge is 1.00 e. The van der Waals surface area contributed by atoms with E-state index in [4.69, 9.17) is 10.9 Å². The SMILES string of the molecule is NC(=O)c1ccc[n+](C/C=C/C[n+]2ccc(C=NO)cc2)c1.[Br-].[Br-]. The number of primary amides is 1. The number of allylic oxidation sites excluding steroid dienone is 2. The van der Waals surface area contributed by atoms with E-state index < -0.39 is 5.91 Å². The first-order valence-electron chi connectivity index (χ1n) is 6.79. The Morgan fingerprint density at radius 3 is 2.29 bits per heavy atom. The molecule has 2 aromatic rings. The van der Waals surface area contributed by atoms with Gasteiger partial charge in [-0.25, -0.2) is 9.13 Å². The van der Waals surface area contributed by atoms with Crippen molar-refractivity contribution < 1.29 is 53.1 Å². The Labute approximate surface area is 161 Å². The van der Waals surface area contributed by atoms with E-state index in [1.165, 1.54) is 6.21 Å². The zero-order valence-corrected chi connectivity index (χ0v) is 16.0. The number of pyridine rings is 2. The third kappa shape index (κ3) is 7.01. The number of hydrogen-bond acceptors (Lipinski definition) is 3. The summed E-state index contributed by atoms with van der Waals surface area (Å²) in [5.41, 5.74) is 6.58. The van der Waals surface area contributed by atoms with Crippen LogP contribution >= 0.6 is 0 Å². The van der Waals surface area contributed by atoms with Gasteiger partial charge in [0.25, 0.3) is 5.91 Å². The van der Waals surface area contributed by atoms with Gasteiger partial charge in [-0.2, -0.15) is 0 Å². The summed E-state index contributed by atoms with van der Waals surface area (Å²) in [4.78, 5) is 11.1. The molecule has 0 saturated heterocycles. The summed E-state index contributed by atoms with van der Waals surface area (Å²) in [6.07, 6.45) is 12.8. The Kier molecular flexibility index (Phi) is 10.5. The molecule has 24 heavy (non-hydrogen) atoms. The van der Waals surface area contributed by atoms with Crippen LogP contribution in [0.25, 0.3) is 0 Å². The number of oxime groups is 1. The second-order valence-corrected chi connectivity index (χ2v) is 4.70. The number of nitrogens with two attached hydrogens (primary N) is 1. The number of nitrogens with zero attached hydrogens (tertiary/aromatic N) is 3. The van der Waals surface area contributed by atoms with Crippen LogP contribution in [-0.4, -0.2) is 17.3 Å². The summed E-state index contributed by atoms with van der Waals surface area (Å²) in [5.74, 6) is -0.430. The molecule has 6 nitrogen and oxygen atoms in total. The molecule has 0 aliphatic rings. The molecule has 0 fully saturated rings. The summed E-state index contributed by atoms with van der Waals surface area (Å²) in [6.45, 7) is 1.39. The fraction of sp³-hybridized carbons (Fsp3) is 0.125. The molecule has 3 N–H and O–H groups in total. The van der Waals surface area contributed by atoms with Crippen LogP contribution in [0.2, 0.25) is 0 Å². The van der Waals surface area contributed by atoms with Gasteiger partial charge in [-0.1, -0.05) is 5.16 Å². The van der Waals surface area contributed by atoms with E-state index in [-0.39, 0.29) is 34.0 Å². The minimum Gasteiger partial charge on any atom is -1.00 e. The molecule has 8 heteroatoms. The lowest BCUT2D eigenvalue weighted by Gasteiger charge is -1.95. The van der Waals surface area contributed by atoms with Crippen LogP contribution < -0.4 is 48.8 Å². The van der Waals surface area contributed by atoms with Crippen molar-refractivity contribution in [1.29, 1.82) is 0 Å². The smallest absolute Gasteiger partial charge is 0.254 e. The zero-order chi connectivity index (χ0) is 15.8. The molecule has 2 heterocycles. The summed E-state index contributed by atoms with van der Waals surface area (Å²) in [7, 11) is 0. The minimum absolute atomic E-state index is 0. The van der Waals surface area contributed by atoms with Crippen molar-refractivity contribution in [2.45, 2.75) is 13.1 Å². The lowest BCUT2D eigenvalue weighted by molar-refractivity contribution is -0.691. The number of rotatable bonds is 6. The number of aromatic nitrogens is 2. The average Bonchev–Trinajstić information content (AvgIpc) is 2.54. The van der Waals surface area contributed by atoms with Crippen LogP contribution in [0.15, 0.2) is 66.4 Å². The standard InChI is InChI=1S/C16H16N4O2.2BrH/c17-16(21)15-4-3-9-20(13-15)8-2-1-7-19-10-5-14(6-11-19)12-18-22;;/h1-6,9-13H,7-8H2,(H-,17,21);2*1H/b2-1+;;. The lowest BCUT2D eigenvalue weighted by atomic mass is 10.3. The molecule has 0 aromatic carbocycles. The van der Waals surface area contributed by atoms with Gasteiger partial charge in [-0.15, -0.1) is 0 Å². The first-order valence-corrected chi connectivity index (χ1v) is 6.79. The van der Waals surface area contributed by atoms with Gasteiger partial charge in [0, 0.05) is 23.8 Å². The first kappa shape index (κ1) is 21.9. The van der Waals surface area contributed by atoms with Gasteiger partial charge in [0.15, 0.2) is 37.9 Å². The molecule has 0 bridgehead atoms. The van der Waals surface area contributed by atoms with Crippen LogP contribution in [-0.2, 0) is 13.1 Å². The van der Waals surface area contributed by atoms with Gasteiger partial charge in [0.05, 0.1) is 6.21 Å². The molecule has 1 amide bonds. The van der Waals surface area contributed by atoms with Crippen molar-refractivity contribution in [3.05, 3.63) is 72.3 Å². The minimum atomic E-state index is -0.430. The number of carbonyl (C=O) groups is 1. The van der Waals surface area contributed by atoms with Crippen molar-refractivity contribution in [2.24, 2.45) is 10.9 Å². The summed E-state index contributed by atoms with van der Waals surface area (Å²) in [6, 6.07) is 7.21. The van der Waals surface area contributed by atoms with Crippen LogP contribution in [0, 0.1) is 0 Å². The van der Waals surface area contributed by atoms with Crippen molar-refractivity contribution in [3.63, 3.8) is 0 Å². The predicted molar refractivity (Wildman–Crippen MR) is 80.3 cm³/mol. The van der Waals surface area contributed by atoms with Crippen molar-refractivity contribution in [3.8, 4) is 0 Å². The topological polar surface area (TPSA) is 83.4 Å². The second-order valence-electron chi connectivity index (χ2n) is 4.70. The molecule has 0 atom stereocenters. The molecule has 2 aromatic heterocycles. The molecule has 0 radical (unpaired) electrons. The molecule has 0 unspecified atom stereocenters. The van der Waals surface area contributed by atoms with Crippen LogP contribution in [0.3, 0.4) is 0 Å². The van der Waals surface area contributed by atoms with E-state index in [0.717, 1.165) is 12.1 Å². The van der Waals surface area contributed by atoms with Crippen LogP contribution in [0.1, 0.15) is 15.9 Å². The van der Waals surface area contributed by atoms with Crippen molar-refractivity contribution in [1.82, 2.24) is 0 Å². The molecule has 0 aliphatic heterocycles. The Bertz CT molecular complexity index is 703. The van der Waals surface area contributed by atoms with E-state index >= 15 is 0 Å². The highest BCUT2D eigenvalue weighted by atomic mass is 79.9. The third-order valence-electron chi connectivity index (χ3n) is 3.07. The maximum Gasteiger partial charge on any atom is 0.254 e. The Morgan fingerprint density at radius 1 is 1.08 bits per heavy atom. The molecule has 0 aliphatic carbocycles. The van der Waals surface area contributed by atoms with E-state index in [9.17, 15) is 4.79 Å². The second kappa shape index (κ2) is 11.5. The fourth-order valence-electron chi connectivity index (χ4n) is 1.92. The molecule has 2 rings (SSSR count). The first-order chi connectivity index (χ1) is 10.7. The fourth-order valence-corrected chi connectivity index (χ4v) is 1.92. The molecular weight excluding hydrogens is 440 g/mol. The van der Waals surface area contributed by atoms with Crippen LogP contribution in [0.5, 0.6) is 0 Å². The highest BCUT2D eigenvalue weighted by Crippen LogP contribution is 1.92. The number of amides is 1. The highest BCUT2D eigenvalue weighted by Gasteiger charge is 2.05. The molecule has 0 saturated carbocycles. The summed E-state index contributed by atoms with van der Waals surface area (Å²) in [5, 5.41) is 11.4. The lowest BCUT2D eigenvalue weighted by Crippen LogP contribution is -3.00. The van der Waals surface area contributed by atoms with E-state index in [1.807, 2.05) is 52.0 Å². The van der Waals surface area contributed by atoms with Crippen molar-refractivity contribution in [2.75, 3.05) is 0 Å². The monoisotopic (exact) mass is 456 g/mol. The van der Waals surface area contributed by atoms with Crippen LogP contribution in [0.4, 0.5) is 0 Å². The predicted octanol–water partition coefficient (Wildman–Crippen LogP) is -5.57. The van der Waals surface area contributed by atoms with Gasteiger partial charge in [-0.3, -0.25) is 4.79 Å². The highest BCUT2D eigenvalue weighted by molar-refractivity contribution is 5.92. The number of hydrogen-bond donors (Lipinski definition) is 2. The van der Waals surface area contributed by atoms with Gasteiger partial charge < -0.3 is 44.9 Å². The normalized spacial score (nSPS) is 10.3.